The van der Waals surface area contributed by atoms with Crippen molar-refractivity contribution in [2.75, 3.05) is 26.2 Å². The fraction of sp³-hybridized carbons (Fsp3) is 0.429. The van der Waals surface area contributed by atoms with E-state index in [4.69, 9.17) is 27.6 Å². The zero-order valence-electron chi connectivity index (χ0n) is 20.4. The molecule has 0 spiro atoms. The van der Waals surface area contributed by atoms with Gasteiger partial charge in [0.05, 0.1) is 27.0 Å². The van der Waals surface area contributed by atoms with Crippen molar-refractivity contribution < 1.29 is 9.21 Å². The van der Waals surface area contributed by atoms with Gasteiger partial charge in [0, 0.05) is 6.54 Å². The van der Waals surface area contributed by atoms with Gasteiger partial charge in [-0.15, -0.1) is 0 Å². The highest BCUT2D eigenvalue weighted by atomic mass is 35.5. The maximum Gasteiger partial charge on any atom is 0.290 e. The Morgan fingerprint density at radius 3 is 2.29 bits per heavy atom. The molecule has 0 radical (unpaired) electrons. The number of hydrogen-bond donors (Lipinski definition) is 0. The molecule has 2 aromatic carbocycles. The van der Waals surface area contributed by atoms with E-state index >= 15 is 0 Å². The van der Waals surface area contributed by atoms with Gasteiger partial charge in [-0.2, -0.15) is 0 Å². The first kappa shape index (κ1) is 25.7. The van der Waals surface area contributed by atoms with E-state index < -0.39 is 6.04 Å². The summed E-state index contributed by atoms with van der Waals surface area (Å²) in [5, 5.41) is 1.29. The van der Waals surface area contributed by atoms with Crippen molar-refractivity contribution >= 4 is 40.1 Å². The summed E-state index contributed by atoms with van der Waals surface area (Å²) >= 11 is 12.5. The Morgan fingerprint density at radius 1 is 0.914 bits per heavy atom. The van der Waals surface area contributed by atoms with E-state index in [0.717, 1.165) is 57.3 Å². The van der Waals surface area contributed by atoms with Crippen LogP contribution in [0.5, 0.6) is 0 Å². The van der Waals surface area contributed by atoms with E-state index in [0.29, 0.717) is 33.1 Å². The van der Waals surface area contributed by atoms with E-state index in [2.05, 4.69) is 18.7 Å². The standard InChI is InChI=1S/C28H32Cl2N2O3/c1-3-5-14-31(15-6-4-2)16-9-17-32-25(19-12-13-21(29)22(30)18-19)24-26(33)20-10-7-8-11-23(20)35-27(24)28(32)34/h7-8,10-13,18,25H,3-6,9,14-17H2,1-2H3. The zero-order chi connectivity index (χ0) is 24.9. The minimum atomic E-state index is -0.562. The van der Waals surface area contributed by atoms with Crippen molar-refractivity contribution in [2.45, 2.75) is 52.0 Å². The van der Waals surface area contributed by atoms with Crippen molar-refractivity contribution in [3.63, 3.8) is 0 Å². The van der Waals surface area contributed by atoms with Gasteiger partial charge in [0.15, 0.2) is 5.43 Å². The van der Waals surface area contributed by atoms with E-state index in [1.165, 1.54) is 0 Å². The summed E-state index contributed by atoms with van der Waals surface area (Å²) < 4.78 is 6.01. The third-order valence-corrected chi connectivity index (χ3v) is 7.40. The molecular weight excluding hydrogens is 483 g/mol. The first-order valence-electron chi connectivity index (χ1n) is 12.5. The highest BCUT2D eigenvalue weighted by Crippen LogP contribution is 2.39. The van der Waals surface area contributed by atoms with E-state index in [1.807, 2.05) is 6.07 Å². The Bertz CT molecular complexity index is 1250. The van der Waals surface area contributed by atoms with E-state index in [1.54, 1.807) is 41.3 Å². The summed E-state index contributed by atoms with van der Waals surface area (Å²) in [5.74, 6) is -0.133. The molecule has 1 aliphatic rings. The van der Waals surface area contributed by atoms with Crippen LogP contribution < -0.4 is 5.43 Å². The number of carbonyl (C=O) groups is 1. The van der Waals surface area contributed by atoms with Gasteiger partial charge < -0.3 is 14.2 Å². The molecule has 0 N–H and O–H groups in total. The van der Waals surface area contributed by atoms with E-state index in [-0.39, 0.29) is 17.1 Å². The highest BCUT2D eigenvalue weighted by Gasteiger charge is 2.42. The van der Waals surface area contributed by atoms with Crippen LogP contribution in [0.3, 0.4) is 0 Å². The van der Waals surface area contributed by atoms with Crippen molar-refractivity contribution in [3.05, 3.63) is 79.6 Å². The molecule has 0 bridgehead atoms. The smallest absolute Gasteiger partial charge is 0.290 e. The second-order valence-corrected chi connectivity index (χ2v) is 9.96. The number of nitrogens with zero attached hydrogens (tertiary/aromatic N) is 2. The van der Waals surface area contributed by atoms with Crippen LogP contribution in [0.15, 0.2) is 51.7 Å². The van der Waals surface area contributed by atoms with Gasteiger partial charge in [0.2, 0.25) is 5.76 Å². The van der Waals surface area contributed by atoms with Crippen LogP contribution in [0.1, 0.15) is 73.7 Å². The molecule has 1 atom stereocenters. The number of amides is 1. The Balaban J connectivity index is 1.67. The molecule has 1 aromatic heterocycles. The minimum Gasteiger partial charge on any atom is -0.450 e. The van der Waals surface area contributed by atoms with Crippen LogP contribution in [0, 0.1) is 0 Å². The Labute approximate surface area is 216 Å². The number of hydrogen-bond acceptors (Lipinski definition) is 4. The molecule has 1 aliphatic heterocycles. The quantitative estimate of drug-likeness (QED) is 0.278. The van der Waals surface area contributed by atoms with Gasteiger partial charge in [-0.05, 0) is 68.7 Å². The first-order chi connectivity index (χ1) is 17.0. The summed E-state index contributed by atoms with van der Waals surface area (Å²) in [6.07, 6.45) is 5.44. The third kappa shape index (κ3) is 5.42. The number of unbranched alkanes of at least 4 members (excludes halogenated alkanes) is 2. The minimum absolute atomic E-state index is 0.124. The topological polar surface area (TPSA) is 53.8 Å². The fourth-order valence-corrected chi connectivity index (χ4v) is 5.10. The summed E-state index contributed by atoms with van der Waals surface area (Å²) in [6.45, 7) is 7.94. The Kier molecular flexibility index (Phi) is 8.53. The highest BCUT2D eigenvalue weighted by molar-refractivity contribution is 6.42. The van der Waals surface area contributed by atoms with Crippen LogP contribution in [0.25, 0.3) is 11.0 Å². The molecule has 2 heterocycles. The summed E-state index contributed by atoms with van der Waals surface area (Å²) in [4.78, 5) is 31.4. The Morgan fingerprint density at radius 2 is 1.60 bits per heavy atom. The lowest BCUT2D eigenvalue weighted by molar-refractivity contribution is 0.0719. The normalized spacial score (nSPS) is 15.4. The molecule has 3 aromatic rings. The fourth-order valence-electron chi connectivity index (χ4n) is 4.79. The van der Waals surface area contributed by atoms with Gasteiger partial charge in [-0.25, -0.2) is 0 Å². The predicted octanol–water partition coefficient (Wildman–Crippen LogP) is 6.94. The maximum atomic E-state index is 13.6. The zero-order valence-corrected chi connectivity index (χ0v) is 21.9. The van der Waals surface area contributed by atoms with Gasteiger partial charge >= 0.3 is 0 Å². The lowest BCUT2D eigenvalue weighted by atomic mass is 9.98. The first-order valence-corrected chi connectivity index (χ1v) is 13.3. The molecule has 186 valence electrons. The number of rotatable bonds is 11. The van der Waals surface area contributed by atoms with Gasteiger partial charge in [0.25, 0.3) is 5.91 Å². The second kappa shape index (κ2) is 11.6. The molecular formula is C28H32Cl2N2O3. The van der Waals surface area contributed by atoms with Crippen LogP contribution in [-0.4, -0.2) is 41.9 Å². The number of benzene rings is 2. The van der Waals surface area contributed by atoms with Gasteiger partial charge in [0.1, 0.15) is 5.58 Å². The molecule has 1 amide bonds. The van der Waals surface area contributed by atoms with Crippen LogP contribution in [0.4, 0.5) is 0 Å². The van der Waals surface area contributed by atoms with Gasteiger partial charge in [-0.3, -0.25) is 9.59 Å². The molecule has 0 fully saturated rings. The summed E-state index contributed by atoms with van der Waals surface area (Å²) in [5.41, 5.74) is 1.37. The molecule has 5 nitrogen and oxygen atoms in total. The molecule has 35 heavy (non-hydrogen) atoms. The SMILES string of the molecule is CCCCN(CCCC)CCCN1C(=O)c2oc3ccccc3c(=O)c2C1c1ccc(Cl)c(Cl)c1. The average Bonchev–Trinajstić information content (AvgIpc) is 3.14. The monoisotopic (exact) mass is 514 g/mol. The average molecular weight is 515 g/mol. The van der Waals surface area contributed by atoms with Crippen molar-refractivity contribution in [2.24, 2.45) is 0 Å². The molecule has 1 unspecified atom stereocenters. The lowest BCUT2D eigenvalue weighted by Gasteiger charge is -2.27. The van der Waals surface area contributed by atoms with Crippen molar-refractivity contribution in [1.29, 1.82) is 0 Å². The maximum absolute atomic E-state index is 13.6. The molecule has 0 saturated carbocycles. The summed E-state index contributed by atoms with van der Waals surface area (Å²) in [7, 11) is 0. The van der Waals surface area contributed by atoms with Crippen molar-refractivity contribution in [1.82, 2.24) is 9.80 Å². The Hall–Kier alpha value is -2.34. The van der Waals surface area contributed by atoms with Crippen LogP contribution in [0.2, 0.25) is 10.0 Å². The predicted molar refractivity (Wildman–Crippen MR) is 143 cm³/mol. The number of para-hydroxylation sites is 1. The molecule has 0 aliphatic carbocycles. The van der Waals surface area contributed by atoms with Crippen LogP contribution >= 0.6 is 23.2 Å². The number of carbonyl (C=O) groups excluding carboxylic acids is 1. The third-order valence-electron chi connectivity index (χ3n) is 6.66. The van der Waals surface area contributed by atoms with E-state index in [9.17, 15) is 9.59 Å². The van der Waals surface area contributed by atoms with Gasteiger partial charge in [-0.1, -0.05) is 68.1 Å². The second-order valence-electron chi connectivity index (χ2n) is 9.15. The lowest BCUT2D eigenvalue weighted by Crippen LogP contribution is -2.34. The number of halogens is 2. The molecule has 0 saturated heterocycles. The molecule has 7 heteroatoms. The van der Waals surface area contributed by atoms with Crippen LogP contribution in [-0.2, 0) is 0 Å². The largest absolute Gasteiger partial charge is 0.450 e. The van der Waals surface area contributed by atoms with Crippen molar-refractivity contribution in [3.8, 4) is 0 Å². The molecule has 4 rings (SSSR count). The number of fused-ring (bicyclic) bond motifs is 2. The summed E-state index contributed by atoms with van der Waals surface area (Å²) in [6, 6.07) is 11.8.